The molecule has 0 unspecified atom stereocenters. The quantitative estimate of drug-likeness (QED) is 0.479. The van der Waals surface area contributed by atoms with Crippen LogP contribution >= 0.6 is 0 Å². The van der Waals surface area contributed by atoms with E-state index in [0.717, 1.165) is 27.5 Å². The highest BCUT2D eigenvalue weighted by Crippen LogP contribution is 2.34. The number of esters is 1. The average molecular weight is 370 g/mol. The van der Waals surface area contributed by atoms with Gasteiger partial charge in [-0.1, -0.05) is 36.4 Å². The topological polar surface area (TPSA) is 63.7 Å². The second kappa shape index (κ2) is 7.45. The molecule has 2 heterocycles. The second-order valence-electron chi connectivity index (χ2n) is 6.42. The number of aromatic nitrogens is 1. The predicted octanol–water partition coefficient (Wildman–Crippen LogP) is 4.66. The number of hydrogen-bond acceptors (Lipinski definition) is 4. The number of rotatable bonds is 5. The van der Waals surface area contributed by atoms with E-state index in [-0.39, 0.29) is 19.2 Å². The lowest BCUT2D eigenvalue weighted by Gasteiger charge is -2.08. The van der Waals surface area contributed by atoms with Crippen molar-refractivity contribution in [2.45, 2.75) is 13.5 Å². The molecule has 2 aromatic carbocycles. The number of fused-ring (bicyclic) bond motifs is 3. The number of nitriles is 1. The fourth-order valence-corrected chi connectivity index (χ4v) is 3.45. The number of pyridine rings is 1. The summed E-state index contributed by atoms with van der Waals surface area (Å²) in [7, 11) is 0. The zero-order valence-corrected chi connectivity index (χ0v) is 15.4. The number of benzene rings is 2. The molecule has 0 saturated carbocycles. The molecule has 138 valence electrons. The SMILES string of the molecule is Cc1c(OCC#N)ccc2c(C(=O)OCc3ccccc3)c3ccccn3c12. The van der Waals surface area contributed by atoms with Crippen molar-refractivity contribution in [2.24, 2.45) is 0 Å². The molecule has 0 fully saturated rings. The highest BCUT2D eigenvalue weighted by atomic mass is 16.5. The lowest BCUT2D eigenvalue weighted by Crippen LogP contribution is -2.05. The van der Waals surface area contributed by atoms with Crippen molar-refractivity contribution in [3.63, 3.8) is 0 Å². The van der Waals surface area contributed by atoms with E-state index in [2.05, 4.69) is 0 Å². The highest BCUT2D eigenvalue weighted by Gasteiger charge is 2.21. The van der Waals surface area contributed by atoms with Gasteiger partial charge in [-0.2, -0.15) is 5.26 Å². The lowest BCUT2D eigenvalue weighted by atomic mass is 10.1. The van der Waals surface area contributed by atoms with Crippen LogP contribution in [-0.4, -0.2) is 17.0 Å². The first-order chi connectivity index (χ1) is 13.7. The summed E-state index contributed by atoms with van der Waals surface area (Å²) in [5.74, 6) is 0.258. The van der Waals surface area contributed by atoms with E-state index < -0.39 is 0 Å². The second-order valence-corrected chi connectivity index (χ2v) is 6.42. The number of carbonyl (C=O) groups is 1. The van der Waals surface area contributed by atoms with Crippen molar-refractivity contribution in [1.29, 1.82) is 5.26 Å². The zero-order valence-electron chi connectivity index (χ0n) is 15.4. The van der Waals surface area contributed by atoms with Gasteiger partial charge in [-0.25, -0.2) is 4.79 Å². The van der Waals surface area contributed by atoms with Gasteiger partial charge in [0, 0.05) is 17.1 Å². The van der Waals surface area contributed by atoms with Crippen molar-refractivity contribution in [2.75, 3.05) is 6.61 Å². The Morgan fingerprint density at radius 1 is 1.07 bits per heavy atom. The van der Waals surface area contributed by atoms with E-state index in [0.29, 0.717) is 11.3 Å². The zero-order chi connectivity index (χ0) is 19.5. The Kier molecular flexibility index (Phi) is 4.69. The molecule has 0 aliphatic carbocycles. The number of aryl methyl sites for hydroxylation is 1. The van der Waals surface area contributed by atoms with Crippen LogP contribution in [0.5, 0.6) is 5.75 Å². The number of hydrogen-bond donors (Lipinski definition) is 0. The minimum Gasteiger partial charge on any atom is -0.478 e. The number of nitrogens with zero attached hydrogens (tertiary/aromatic N) is 2. The van der Waals surface area contributed by atoms with Gasteiger partial charge in [0.15, 0.2) is 6.61 Å². The standard InChI is InChI=1S/C23H18N2O3/c1-16-20(27-14-12-24)11-10-18-21(19-9-5-6-13-25(19)22(16)18)23(26)28-15-17-7-3-2-4-8-17/h2-11,13H,14-15H2,1H3. The fourth-order valence-electron chi connectivity index (χ4n) is 3.45. The molecule has 0 aliphatic rings. The summed E-state index contributed by atoms with van der Waals surface area (Å²) in [4.78, 5) is 13.0. The Bertz CT molecular complexity index is 1200. The first kappa shape index (κ1) is 17.6. The van der Waals surface area contributed by atoms with Gasteiger partial charge in [0.25, 0.3) is 0 Å². The van der Waals surface area contributed by atoms with E-state index in [1.807, 2.05) is 78.2 Å². The molecular formula is C23H18N2O3. The maximum absolute atomic E-state index is 13.0. The van der Waals surface area contributed by atoms with E-state index in [1.54, 1.807) is 6.07 Å². The van der Waals surface area contributed by atoms with Crippen molar-refractivity contribution in [3.8, 4) is 11.8 Å². The van der Waals surface area contributed by atoms with Gasteiger partial charge in [-0.15, -0.1) is 0 Å². The molecule has 4 rings (SSSR count). The Labute approximate surface area is 162 Å². The van der Waals surface area contributed by atoms with Crippen LogP contribution in [0.15, 0.2) is 66.9 Å². The summed E-state index contributed by atoms with van der Waals surface area (Å²) >= 11 is 0. The minimum atomic E-state index is -0.368. The molecule has 0 aliphatic heterocycles. The molecule has 0 amide bonds. The predicted molar refractivity (Wildman–Crippen MR) is 106 cm³/mol. The van der Waals surface area contributed by atoms with Gasteiger partial charge in [0.1, 0.15) is 18.4 Å². The molecule has 0 spiro atoms. The van der Waals surface area contributed by atoms with E-state index >= 15 is 0 Å². The third-order valence-corrected chi connectivity index (χ3v) is 4.72. The van der Waals surface area contributed by atoms with Crippen LogP contribution in [0, 0.1) is 18.3 Å². The van der Waals surface area contributed by atoms with Crippen LogP contribution in [0.4, 0.5) is 0 Å². The molecule has 4 aromatic rings. The van der Waals surface area contributed by atoms with Gasteiger partial charge in [0.2, 0.25) is 0 Å². The maximum atomic E-state index is 13.0. The van der Waals surface area contributed by atoms with Crippen LogP contribution in [0.25, 0.3) is 16.4 Å². The molecule has 0 saturated heterocycles. The van der Waals surface area contributed by atoms with Crippen LogP contribution in [0.1, 0.15) is 21.5 Å². The Morgan fingerprint density at radius 2 is 1.86 bits per heavy atom. The smallest absolute Gasteiger partial charge is 0.341 e. The number of carbonyl (C=O) groups excluding carboxylic acids is 1. The summed E-state index contributed by atoms with van der Waals surface area (Å²) in [5, 5.41) is 9.59. The monoisotopic (exact) mass is 370 g/mol. The van der Waals surface area contributed by atoms with Crippen molar-refractivity contribution < 1.29 is 14.3 Å². The van der Waals surface area contributed by atoms with Gasteiger partial charge in [-0.05, 0) is 36.8 Å². The highest BCUT2D eigenvalue weighted by molar-refractivity contribution is 6.12. The largest absolute Gasteiger partial charge is 0.478 e. The fraction of sp³-hybridized carbons (Fsp3) is 0.130. The van der Waals surface area contributed by atoms with Crippen molar-refractivity contribution in [1.82, 2.24) is 4.40 Å². The molecule has 0 radical (unpaired) electrons. The maximum Gasteiger partial charge on any atom is 0.341 e. The first-order valence-corrected chi connectivity index (χ1v) is 8.94. The van der Waals surface area contributed by atoms with E-state index in [1.165, 1.54) is 0 Å². The van der Waals surface area contributed by atoms with Gasteiger partial charge >= 0.3 is 5.97 Å². The summed E-state index contributed by atoms with van der Waals surface area (Å²) in [6.45, 7) is 2.11. The minimum absolute atomic E-state index is 0.0262. The van der Waals surface area contributed by atoms with Crippen LogP contribution in [-0.2, 0) is 11.3 Å². The Hall–Kier alpha value is -3.78. The molecule has 0 bridgehead atoms. The summed E-state index contributed by atoms with van der Waals surface area (Å²) < 4.78 is 13.1. The first-order valence-electron chi connectivity index (χ1n) is 8.94. The molecule has 0 N–H and O–H groups in total. The molecule has 0 atom stereocenters. The Morgan fingerprint density at radius 3 is 2.64 bits per heavy atom. The Balaban J connectivity index is 1.80. The van der Waals surface area contributed by atoms with Gasteiger partial charge < -0.3 is 13.9 Å². The van der Waals surface area contributed by atoms with E-state index in [4.69, 9.17) is 14.7 Å². The van der Waals surface area contributed by atoms with Crippen LogP contribution in [0.3, 0.4) is 0 Å². The van der Waals surface area contributed by atoms with Crippen molar-refractivity contribution in [3.05, 3.63) is 83.6 Å². The molecule has 28 heavy (non-hydrogen) atoms. The normalized spacial score (nSPS) is 10.7. The molecular weight excluding hydrogens is 352 g/mol. The van der Waals surface area contributed by atoms with Crippen LogP contribution < -0.4 is 4.74 Å². The third kappa shape index (κ3) is 3.06. The summed E-state index contributed by atoms with van der Waals surface area (Å²) in [5.41, 5.74) is 3.98. The van der Waals surface area contributed by atoms with E-state index in [9.17, 15) is 4.79 Å². The molecule has 5 heteroatoms. The number of ether oxygens (including phenoxy) is 2. The van der Waals surface area contributed by atoms with Gasteiger partial charge in [0.05, 0.1) is 16.6 Å². The molecule has 5 nitrogen and oxygen atoms in total. The van der Waals surface area contributed by atoms with Crippen LogP contribution in [0.2, 0.25) is 0 Å². The van der Waals surface area contributed by atoms with Crippen molar-refractivity contribution >= 4 is 22.4 Å². The lowest BCUT2D eigenvalue weighted by molar-refractivity contribution is 0.0477. The van der Waals surface area contributed by atoms with Gasteiger partial charge in [-0.3, -0.25) is 0 Å². The summed E-state index contributed by atoms with van der Waals surface area (Å²) in [6.07, 6.45) is 1.91. The third-order valence-electron chi connectivity index (χ3n) is 4.72. The average Bonchev–Trinajstić information content (AvgIpc) is 3.07. The summed E-state index contributed by atoms with van der Waals surface area (Å²) in [6, 6.07) is 20.9. The molecule has 2 aromatic heterocycles.